The van der Waals surface area contributed by atoms with Gasteiger partial charge in [0.15, 0.2) is 0 Å². The van der Waals surface area contributed by atoms with Gasteiger partial charge in [0.25, 0.3) is 0 Å². The summed E-state index contributed by atoms with van der Waals surface area (Å²) in [5, 5.41) is 2.71. The van der Waals surface area contributed by atoms with E-state index in [0.717, 1.165) is 11.8 Å². The SMILES string of the molecule is Cc1cccc(N(CCCC(=O)Nc2ccc(C(N)=O)cc2)S(C)(=O)=O)c1. The number of hydrogen-bond acceptors (Lipinski definition) is 4. The van der Waals surface area contributed by atoms with Gasteiger partial charge in [-0.05, 0) is 55.3 Å². The highest BCUT2D eigenvalue weighted by Crippen LogP contribution is 2.19. The molecule has 0 spiro atoms. The van der Waals surface area contributed by atoms with E-state index in [0.29, 0.717) is 23.4 Å². The van der Waals surface area contributed by atoms with Gasteiger partial charge in [-0.15, -0.1) is 0 Å². The van der Waals surface area contributed by atoms with Gasteiger partial charge in [-0.1, -0.05) is 12.1 Å². The van der Waals surface area contributed by atoms with E-state index in [9.17, 15) is 18.0 Å². The summed E-state index contributed by atoms with van der Waals surface area (Å²) in [4.78, 5) is 23.1. The summed E-state index contributed by atoms with van der Waals surface area (Å²) in [7, 11) is -3.45. The van der Waals surface area contributed by atoms with E-state index in [-0.39, 0.29) is 18.9 Å². The Bertz CT molecular complexity index is 924. The number of carbonyl (C=O) groups excluding carboxylic acids is 2. The van der Waals surface area contributed by atoms with Gasteiger partial charge < -0.3 is 11.1 Å². The summed E-state index contributed by atoms with van der Waals surface area (Å²) in [5.74, 6) is -0.774. The van der Waals surface area contributed by atoms with Crippen LogP contribution < -0.4 is 15.4 Å². The number of carbonyl (C=O) groups is 2. The number of hydrogen-bond donors (Lipinski definition) is 2. The van der Waals surface area contributed by atoms with Gasteiger partial charge in [0.05, 0.1) is 11.9 Å². The summed E-state index contributed by atoms with van der Waals surface area (Å²) in [6.07, 6.45) is 1.68. The van der Waals surface area contributed by atoms with Gasteiger partial charge >= 0.3 is 0 Å². The molecule has 0 fully saturated rings. The fourth-order valence-electron chi connectivity index (χ4n) is 2.59. The Morgan fingerprint density at radius 1 is 1.11 bits per heavy atom. The molecule has 2 aromatic carbocycles. The van der Waals surface area contributed by atoms with Crippen LogP contribution in [-0.2, 0) is 14.8 Å². The van der Waals surface area contributed by atoms with Gasteiger partial charge in [0, 0.05) is 24.2 Å². The van der Waals surface area contributed by atoms with E-state index >= 15 is 0 Å². The number of rotatable bonds is 8. The monoisotopic (exact) mass is 389 g/mol. The first-order valence-electron chi connectivity index (χ1n) is 8.41. The second-order valence-electron chi connectivity index (χ2n) is 6.27. The molecule has 0 bridgehead atoms. The highest BCUT2D eigenvalue weighted by molar-refractivity contribution is 7.92. The maximum atomic E-state index is 12.1. The molecule has 0 aromatic heterocycles. The standard InChI is InChI=1S/C19H23N3O4S/c1-14-5-3-6-17(13-14)22(27(2,25)26)12-4-7-18(23)21-16-10-8-15(9-11-16)19(20)24/h3,5-6,8-11,13H,4,7,12H2,1-2H3,(H2,20,24)(H,21,23). The maximum Gasteiger partial charge on any atom is 0.248 e. The number of amides is 2. The molecule has 27 heavy (non-hydrogen) atoms. The lowest BCUT2D eigenvalue weighted by atomic mass is 10.2. The molecule has 0 heterocycles. The molecule has 0 aliphatic carbocycles. The van der Waals surface area contributed by atoms with Crippen molar-refractivity contribution in [3.05, 3.63) is 59.7 Å². The Morgan fingerprint density at radius 3 is 2.33 bits per heavy atom. The third-order valence-corrected chi connectivity index (χ3v) is 5.10. The maximum absolute atomic E-state index is 12.1. The van der Waals surface area contributed by atoms with E-state index in [1.165, 1.54) is 16.4 Å². The molecule has 2 amide bonds. The molecule has 0 aliphatic heterocycles. The molecule has 0 aliphatic rings. The van der Waals surface area contributed by atoms with Gasteiger partial charge in [-0.3, -0.25) is 13.9 Å². The van der Waals surface area contributed by atoms with Gasteiger partial charge in [0.1, 0.15) is 0 Å². The average Bonchev–Trinajstić information content (AvgIpc) is 2.58. The lowest BCUT2D eigenvalue weighted by Crippen LogP contribution is -2.31. The molecular weight excluding hydrogens is 366 g/mol. The summed E-state index contributed by atoms with van der Waals surface area (Å²) in [6.45, 7) is 2.09. The second-order valence-corrected chi connectivity index (χ2v) is 8.17. The Balaban J connectivity index is 1.94. The quantitative estimate of drug-likeness (QED) is 0.722. The molecule has 8 heteroatoms. The van der Waals surface area contributed by atoms with Crippen LogP contribution in [0.4, 0.5) is 11.4 Å². The number of nitrogens with zero attached hydrogens (tertiary/aromatic N) is 1. The van der Waals surface area contributed by atoms with Crippen molar-refractivity contribution >= 4 is 33.2 Å². The summed E-state index contributed by atoms with van der Waals surface area (Å²) in [5.41, 5.74) is 7.61. The highest BCUT2D eigenvalue weighted by atomic mass is 32.2. The molecule has 2 rings (SSSR count). The normalized spacial score (nSPS) is 11.0. The number of primary amides is 1. The zero-order chi connectivity index (χ0) is 20.0. The zero-order valence-electron chi connectivity index (χ0n) is 15.3. The van der Waals surface area contributed by atoms with Crippen LogP contribution in [0.5, 0.6) is 0 Å². The van der Waals surface area contributed by atoms with Crippen molar-refractivity contribution in [2.45, 2.75) is 19.8 Å². The number of sulfonamides is 1. The van der Waals surface area contributed by atoms with E-state index in [1.54, 1.807) is 30.3 Å². The predicted molar refractivity (Wildman–Crippen MR) is 106 cm³/mol. The third-order valence-electron chi connectivity index (χ3n) is 3.91. The van der Waals surface area contributed by atoms with Crippen molar-refractivity contribution in [1.82, 2.24) is 0 Å². The average molecular weight is 389 g/mol. The highest BCUT2D eigenvalue weighted by Gasteiger charge is 2.17. The number of benzene rings is 2. The van der Waals surface area contributed by atoms with Crippen LogP contribution in [0, 0.1) is 6.92 Å². The van der Waals surface area contributed by atoms with Crippen molar-refractivity contribution in [2.24, 2.45) is 5.73 Å². The Labute approximate surface area is 159 Å². The van der Waals surface area contributed by atoms with Gasteiger partial charge in [0.2, 0.25) is 21.8 Å². The second kappa shape index (κ2) is 8.68. The van der Waals surface area contributed by atoms with Crippen molar-refractivity contribution in [1.29, 1.82) is 0 Å². The van der Waals surface area contributed by atoms with E-state index < -0.39 is 15.9 Å². The number of nitrogens with one attached hydrogen (secondary N) is 1. The van der Waals surface area contributed by atoms with E-state index in [2.05, 4.69) is 5.32 Å². The summed E-state index contributed by atoms with van der Waals surface area (Å²) < 4.78 is 25.5. The molecule has 0 radical (unpaired) electrons. The fraction of sp³-hybridized carbons (Fsp3) is 0.263. The lowest BCUT2D eigenvalue weighted by molar-refractivity contribution is -0.116. The number of nitrogens with two attached hydrogens (primary N) is 1. The topological polar surface area (TPSA) is 110 Å². The van der Waals surface area contributed by atoms with E-state index in [4.69, 9.17) is 5.73 Å². The summed E-state index contributed by atoms with van der Waals surface area (Å²) in [6, 6.07) is 13.4. The smallest absolute Gasteiger partial charge is 0.248 e. The molecule has 144 valence electrons. The zero-order valence-corrected chi connectivity index (χ0v) is 16.1. The number of anilines is 2. The van der Waals surface area contributed by atoms with Crippen LogP contribution in [0.25, 0.3) is 0 Å². The van der Waals surface area contributed by atoms with E-state index in [1.807, 2.05) is 13.0 Å². The van der Waals surface area contributed by atoms with Crippen molar-refractivity contribution < 1.29 is 18.0 Å². The Kier molecular flexibility index (Phi) is 6.57. The molecule has 0 atom stereocenters. The van der Waals surface area contributed by atoms with Crippen LogP contribution in [0.2, 0.25) is 0 Å². The lowest BCUT2D eigenvalue weighted by Gasteiger charge is -2.22. The number of aryl methyl sites for hydroxylation is 1. The Hall–Kier alpha value is -2.87. The predicted octanol–water partition coefficient (Wildman–Crippen LogP) is 2.28. The minimum Gasteiger partial charge on any atom is -0.366 e. The Morgan fingerprint density at radius 2 is 1.78 bits per heavy atom. The molecule has 2 aromatic rings. The molecule has 0 unspecified atom stereocenters. The minimum absolute atomic E-state index is 0.162. The van der Waals surface area contributed by atoms with Crippen LogP contribution >= 0.6 is 0 Å². The van der Waals surface area contributed by atoms with Gasteiger partial charge in [-0.2, -0.15) is 0 Å². The van der Waals surface area contributed by atoms with Crippen molar-refractivity contribution in [3.63, 3.8) is 0 Å². The van der Waals surface area contributed by atoms with Crippen molar-refractivity contribution in [3.8, 4) is 0 Å². The molecule has 7 nitrogen and oxygen atoms in total. The summed E-state index contributed by atoms with van der Waals surface area (Å²) >= 11 is 0. The molecule has 3 N–H and O–H groups in total. The first-order valence-corrected chi connectivity index (χ1v) is 10.3. The van der Waals surface area contributed by atoms with Gasteiger partial charge in [-0.25, -0.2) is 8.42 Å². The van der Waals surface area contributed by atoms with Crippen LogP contribution in [0.15, 0.2) is 48.5 Å². The van der Waals surface area contributed by atoms with Crippen LogP contribution in [0.1, 0.15) is 28.8 Å². The largest absolute Gasteiger partial charge is 0.366 e. The van der Waals surface area contributed by atoms with Crippen molar-refractivity contribution in [2.75, 3.05) is 22.4 Å². The first-order chi connectivity index (χ1) is 12.7. The molecular formula is C19H23N3O4S. The third kappa shape index (κ3) is 6.10. The van der Waals surface area contributed by atoms with Crippen LogP contribution in [0.3, 0.4) is 0 Å². The van der Waals surface area contributed by atoms with Crippen LogP contribution in [-0.4, -0.2) is 33.0 Å². The molecule has 0 saturated carbocycles. The fourth-order valence-corrected chi connectivity index (χ4v) is 3.55. The minimum atomic E-state index is -3.45. The first kappa shape index (κ1) is 20.4. The molecule has 0 saturated heterocycles.